The van der Waals surface area contributed by atoms with Crippen molar-refractivity contribution in [2.24, 2.45) is 0 Å². The zero-order valence-corrected chi connectivity index (χ0v) is 10.4. The normalized spacial score (nSPS) is 8.94. The van der Waals surface area contributed by atoms with Gasteiger partial charge in [0.05, 0.1) is 6.20 Å². The number of nitrogens with zero attached hydrogens (tertiary/aromatic N) is 3. The fourth-order valence-corrected chi connectivity index (χ4v) is 1.34. The van der Waals surface area contributed by atoms with Crippen LogP contribution in [0.15, 0.2) is 67.0 Å². The summed E-state index contributed by atoms with van der Waals surface area (Å²) in [5.74, 6) is 0. The zero-order valence-electron chi connectivity index (χ0n) is 9.25. The third-order valence-corrected chi connectivity index (χ3v) is 2.10. The molecule has 0 fully saturated rings. The Morgan fingerprint density at radius 3 is 2.24 bits per heavy atom. The van der Waals surface area contributed by atoms with E-state index < -0.39 is 0 Å². The average molecular weight is 267 g/mol. The van der Waals surface area contributed by atoms with Gasteiger partial charge in [0.25, 0.3) is 0 Å². The summed E-state index contributed by atoms with van der Waals surface area (Å²) in [4.78, 5) is 0. The van der Waals surface area contributed by atoms with E-state index in [2.05, 4.69) is 22.4 Å². The van der Waals surface area contributed by atoms with Crippen LogP contribution < -0.4 is 0 Å². The quantitative estimate of drug-likeness (QED) is 0.527. The van der Waals surface area contributed by atoms with E-state index >= 15 is 0 Å². The number of rotatable bonds is 2. The predicted octanol–water partition coefficient (Wildman–Crippen LogP) is 2.45. The van der Waals surface area contributed by atoms with Gasteiger partial charge in [0.1, 0.15) is 0 Å². The smallest absolute Gasteiger partial charge is 0.260 e. The SMILES string of the molecule is [Fe+2].c1cc[c-](Cn2ccnn2)c1.c1cc[cH-]c1. The minimum Gasteiger partial charge on any atom is -0.260 e. The van der Waals surface area contributed by atoms with Crippen molar-refractivity contribution in [2.75, 3.05) is 0 Å². The monoisotopic (exact) mass is 267 g/mol. The van der Waals surface area contributed by atoms with Gasteiger partial charge in [-0.1, -0.05) is 5.21 Å². The summed E-state index contributed by atoms with van der Waals surface area (Å²) in [5.41, 5.74) is 1.26. The second-order valence-electron chi connectivity index (χ2n) is 3.36. The molecule has 3 rings (SSSR count). The van der Waals surface area contributed by atoms with Crippen LogP contribution in [0.5, 0.6) is 0 Å². The predicted molar refractivity (Wildman–Crippen MR) is 63.2 cm³/mol. The molecule has 0 unspecified atom stereocenters. The Balaban J connectivity index is 0.000000205. The molecule has 4 heteroatoms. The van der Waals surface area contributed by atoms with Crippen LogP contribution in [0.4, 0.5) is 0 Å². The van der Waals surface area contributed by atoms with Crippen molar-refractivity contribution >= 4 is 0 Å². The molecule has 1 aromatic heterocycles. The molecule has 0 bridgehead atoms. The van der Waals surface area contributed by atoms with Crippen LogP contribution in [0.2, 0.25) is 0 Å². The van der Waals surface area contributed by atoms with Crippen molar-refractivity contribution < 1.29 is 17.1 Å². The van der Waals surface area contributed by atoms with Crippen molar-refractivity contribution in [3.63, 3.8) is 0 Å². The van der Waals surface area contributed by atoms with Crippen molar-refractivity contribution in [3.8, 4) is 0 Å². The first-order valence-electron chi connectivity index (χ1n) is 5.16. The molecule has 0 aliphatic heterocycles. The Morgan fingerprint density at radius 2 is 1.76 bits per heavy atom. The van der Waals surface area contributed by atoms with Gasteiger partial charge in [-0.05, 0) is 0 Å². The second kappa shape index (κ2) is 7.60. The molecule has 3 aromatic rings. The van der Waals surface area contributed by atoms with E-state index in [4.69, 9.17) is 0 Å². The van der Waals surface area contributed by atoms with Crippen LogP contribution in [-0.4, -0.2) is 15.0 Å². The van der Waals surface area contributed by atoms with Gasteiger partial charge in [-0.15, -0.1) is 10.7 Å². The summed E-state index contributed by atoms with van der Waals surface area (Å²) in [5, 5.41) is 7.57. The molecule has 0 spiro atoms. The minimum atomic E-state index is 0. The summed E-state index contributed by atoms with van der Waals surface area (Å²) in [6.07, 6.45) is 3.54. The molecule has 88 valence electrons. The van der Waals surface area contributed by atoms with Crippen LogP contribution in [0.1, 0.15) is 5.56 Å². The molecule has 0 aliphatic rings. The van der Waals surface area contributed by atoms with E-state index in [0.717, 1.165) is 6.54 Å². The summed E-state index contributed by atoms with van der Waals surface area (Å²) in [6, 6.07) is 18.2. The maximum absolute atomic E-state index is 3.86. The molecule has 1 heterocycles. The second-order valence-corrected chi connectivity index (χ2v) is 3.36. The maximum atomic E-state index is 3.86. The van der Waals surface area contributed by atoms with Crippen LogP contribution in [-0.2, 0) is 23.6 Å². The van der Waals surface area contributed by atoms with Gasteiger partial charge in [0, 0.05) is 12.7 Å². The molecule has 0 N–H and O–H groups in total. The van der Waals surface area contributed by atoms with Gasteiger partial charge in [-0.25, -0.2) is 24.3 Å². The van der Waals surface area contributed by atoms with Gasteiger partial charge in [-0.2, -0.15) is 30.3 Å². The molecule has 0 radical (unpaired) electrons. The molecular formula is C13H13FeN3. The fraction of sp³-hybridized carbons (Fsp3) is 0.0769. The van der Waals surface area contributed by atoms with E-state index in [1.54, 1.807) is 10.9 Å². The molecule has 0 amide bonds. The Labute approximate surface area is 111 Å². The standard InChI is InChI=1S/C8H8N3.C5H5.Fe/c1-2-4-8(3-1)7-11-6-5-9-10-11;1-2-4-5-3-1;/h1-6H,7H2;1-5H;/q2*-1;+2. The number of hydrogen-bond donors (Lipinski definition) is 0. The molecular weight excluding hydrogens is 254 g/mol. The molecule has 0 aliphatic carbocycles. The molecule has 0 saturated heterocycles. The summed E-state index contributed by atoms with van der Waals surface area (Å²) in [6.45, 7) is 0.812. The zero-order chi connectivity index (χ0) is 11.1. The minimum absolute atomic E-state index is 0. The third kappa shape index (κ3) is 4.81. The Hall–Kier alpha value is -1.64. The topological polar surface area (TPSA) is 30.7 Å². The van der Waals surface area contributed by atoms with Gasteiger partial charge in [0.2, 0.25) is 0 Å². The average Bonchev–Trinajstić information content (AvgIpc) is 3.05. The third-order valence-electron chi connectivity index (χ3n) is 2.10. The van der Waals surface area contributed by atoms with Crippen LogP contribution in [0.3, 0.4) is 0 Å². The summed E-state index contributed by atoms with van der Waals surface area (Å²) < 4.78 is 1.80. The first kappa shape index (κ1) is 13.4. The van der Waals surface area contributed by atoms with E-state index in [9.17, 15) is 0 Å². The number of aromatic nitrogens is 3. The number of hydrogen-bond acceptors (Lipinski definition) is 2. The van der Waals surface area contributed by atoms with Crippen molar-refractivity contribution in [2.45, 2.75) is 6.54 Å². The first-order valence-corrected chi connectivity index (χ1v) is 5.16. The van der Waals surface area contributed by atoms with Crippen molar-refractivity contribution in [1.82, 2.24) is 15.0 Å². The van der Waals surface area contributed by atoms with Crippen LogP contribution in [0.25, 0.3) is 0 Å². The Kier molecular flexibility index (Phi) is 6.00. The van der Waals surface area contributed by atoms with Gasteiger partial charge in [0.15, 0.2) is 0 Å². The van der Waals surface area contributed by atoms with Gasteiger partial charge >= 0.3 is 17.1 Å². The van der Waals surface area contributed by atoms with Gasteiger partial charge < -0.3 is 0 Å². The molecule has 17 heavy (non-hydrogen) atoms. The summed E-state index contributed by atoms with van der Waals surface area (Å²) >= 11 is 0. The van der Waals surface area contributed by atoms with Gasteiger partial charge in [-0.3, -0.25) is 4.68 Å². The Bertz CT molecular complexity index is 405. The molecule has 2 aromatic carbocycles. The van der Waals surface area contributed by atoms with E-state index in [1.807, 2.05) is 48.7 Å². The maximum Gasteiger partial charge on any atom is 2.00 e. The fourth-order valence-electron chi connectivity index (χ4n) is 1.34. The Morgan fingerprint density at radius 1 is 1.06 bits per heavy atom. The molecule has 0 atom stereocenters. The van der Waals surface area contributed by atoms with Crippen molar-refractivity contribution in [3.05, 3.63) is 72.6 Å². The summed E-state index contributed by atoms with van der Waals surface area (Å²) in [7, 11) is 0. The van der Waals surface area contributed by atoms with Crippen LogP contribution in [0, 0.1) is 0 Å². The van der Waals surface area contributed by atoms with E-state index in [-0.39, 0.29) is 17.1 Å². The molecule has 3 nitrogen and oxygen atoms in total. The van der Waals surface area contributed by atoms with E-state index in [0.29, 0.717) is 0 Å². The largest absolute Gasteiger partial charge is 2.00 e. The van der Waals surface area contributed by atoms with E-state index in [1.165, 1.54) is 5.56 Å². The van der Waals surface area contributed by atoms with Crippen LogP contribution >= 0.6 is 0 Å². The van der Waals surface area contributed by atoms with Crippen molar-refractivity contribution in [1.29, 1.82) is 0 Å². The first-order chi connectivity index (χ1) is 7.95. The molecule has 0 saturated carbocycles.